The van der Waals surface area contributed by atoms with E-state index < -0.39 is 11.6 Å². The molecule has 0 fully saturated rings. The van der Waals surface area contributed by atoms with Gasteiger partial charge in [0.1, 0.15) is 6.04 Å². The predicted molar refractivity (Wildman–Crippen MR) is 137 cm³/mol. The number of carbonyl (C=O) groups is 2. The van der Waals surface area contributed by atoms with Crippen LogP contribution in [0.1, 0.15) is 38.8 Å². The zero-order valence-electron chi connectivity index (χ0n) is 18.3. The van der Waals surface area contributed by atoms with Crippen molar-refractivity contribution in [3.05, 3.63) is 67.6 Å². The summed E-state index contributed by atoms with van der Waals surface area (Å²) in [7, 11) is 0. The highest BCUT2D eigenvalue weighted by Crippen LogP contribution is 2.26. The van der Waals surface area contributed by atoms with Gasteiger partial charge in [0.2, 0.25) is 11.8 Å². The van der Waals surface area contributed by atoms with E-state index in [1.54, 1.807) is 37.3 Å². The van der Waals surface area contributed by atoms with Crippen LogP contribution in [0.3, 0.4) is 0 Å². The maximum Gasteiger partial charge on any atom is 0.242 e. The Morgan fingerprint density at radius 1 is 0.969 bits per heavy atom. The Morgan fingerprint density at radius 2 is 1.50 bits per heavy atom. The molecule has 32 heavy (non-hydrogen) atoms. The van der Waals surface area contributed by atoms with E-state index in [2.05, 4.69) is 5.32 Å². The monoisotopic (exact) mass is 534 g/mol. The minimum absolute atomic E-state index is 0.178. The molecule has 2 aromatic carbocycles. The average Bonchev–Trinajstić information content (AvgIpc) is 2.67. The van der Waals surface area contributed by atoms with Gasteiger partial charge < -0.3 is 10.2 Å². The number of hydrogen-bond donors (Lipinski definition) is 1. The summed E-state index contributed by atoms with van der Waals surface area (Å²) in [5.74, 6) is 0.307. The minimum atomic E-state index is -0.687. The fourth-order valence-corrected chi connectivity index (χ4v) is 4.80. The molecule has 0 spiro atoms. The second-order valence-corrected chi connectivity index (χ2v) is 11.1. The van der Waals surface area contributed by atoms with Gasteiger partial charge in [0.25, 0.3) is 0 Å². The summed E-state index contributed by atoms with van der Waals surface area (Å²) in [5, 5.41) is 5.00. The molecule has 0 saturated heterocycles. The lowest BCUT2D eigenvalue weighted by Crippen LogP contribution is -2.52. The normalized spacial score (nSPS) is 12.4. The first-order valence-electron chi connectivity index (χ1n) is 9.94. The smallest absolute Gasteiger partial charge is 0.242 e. The minimum Gasteiger partial charge on any atom is -0.350 e. The molecule has 1 N–H and O–H groups in total. The number of halogens is 4. The fraction of sp³-hybridized carbons (Fsp3) is 0.391. The van der Waals surface area contributed by atoms with E-state index in [1.165, 1.54) is 16.7 Å². The van der Waals surface area contributed by atoms with Gasteiger partial charge in [-0.25, -0.2) is 0 Å². The first-order valence-corrected chi connectivity index (χ1v) is 12.6. The SMILES string of the molecule is CC(C(=O)NC(C)(C)C)N(Cc1ccc(Cl)cc1Cl)C(=O)CSCc1ccc(Cl)cc1Cl. The molecule has 0 radical (unpaired) electrons. The number of rotatable bonds is 8. The molecule has 0 aliphatic heterocycles. The lowest BCUT2D eigenvalue weighted by atomic mass is 10.1. The maximum atomic E-state index is 13.2. The number of nitrogens with one attached hydrogen (secondary N) is 1. The molecule has 0 aliphatic carbocycles. The van der Waals surface area contributed by atoms with Crippen LogP contribution in [0.4, 0.5) is 0 Å². The molecule has 2 amide bonds. The highest BCUT2D eigenvalue weighted by atomic mass is 35.5. The molecule has 1 unspecified atom stereocenters. The average molecular weight is 536 g/mol. The van der Waals surface area contributed by atoms with Crippen molar-refractivity contribution in [2.24, 2.45) is 0 Å². The zero-order valence-corrected chi connectivity index (χ0v) is 22.2. The molecule has 0 bridgehead atoms. The Morgan fingerprint density at radius 3 is 2.00 bits per heavy atom. The molecule has 0 aliphatic rings. The first-order chi connectivity index (χ1) is 14.9. The first kappa shape index (κ1) is 27.1. The van der Waals surface area contributed by atoms with Crippen LogP contribution in [0, 0.1) is 0 Å². The second kappa shape index (κ2) is 11.8. The molecule has 2 rings (SSSR count). The van der Waals surface area contributed by atoms with E-state index in [0.717, 1.165) is 5.56 Å². The van der Waals surface area contributed by atoms with Crippen molar-refractivity contribution < 1.29 is 9.59 Å². The van der Waals surface area contributed by atoms with Crippen molar-refractivity contribution in [3.8, 4) is 0 Å². The van der Waals surface area contributed by atoms with Crippen LogP contribution in [0.5, 0.6) is 0 Å². The summed E-state index contributed by atoms with van der Waals surface area (Å²) in [6, 6.07) is 9.69. The summed E-state index contributed by atoms with van der Waals surface area (Å²) in [4.78, 5) is 27.5. The number of thioether (sulfide) groups is 1. The van der Waals surface area contributed by atoms with Gasteiger partial charge in [-0.3, -0.25) is 9.59 Å². The number of benzene rings is 2. The van der Waals surface area contributed by atoms with E-state index in [4.69, 9.17) is 46.4 Å². The third kappa shape index (κ3) is 8.35. The van der Waals surface area contributed by atoms with Crippen molar-refractivity contribution in [1.29, 1.82) is 0 Å². The molecule has 4 nitrogen and oxygen atoms in total. The van der Waals surface area contributed by atoms with Crippen molar-refractivity contribution >= 4 is 70.0 Å². The Balaban J connectivity index is 2.16. The van der Waals surface area contributed by atoms with Gasteiger partial charge in [-0.2, -0.15) is 0 Å². The number of carbonyl (C=O) groups excluding carboxylic acids is 2. The molecule has 2 aromatic rings. The number of amides is 2. The number of nitrogens with zero attached hydrogens (tertiary/aromatic N) is 1. The van der Waals surface area contributed by atoms with Crippen molar-refractivity contribution in [2.45, 2.75) is 51.6 Å². The summed E-state index contributed by atoms with van der Waals surface area (Å²) < 4.78 is 0. The lowest BCUT2D eigenvalue weighted by molar-refractivity contribution is -0.139. The van der Waals surface area contributed by atoms with E-state index in [1.807, 2.05) is 26.8 Å². The third-order valence-electron chi connectivity index (χ3n) is 4.52. The van der Waals surface area contributed by atoms with Gasteiger partial charge in [-0.15, -0.1) is 11.8 Å². The van der Waals surface area contributed by atoms with Crippen LogP contribution in [0.15, 0.2) is 36.4 Å². The van der Waals surface area contributed by atoms with Crippen LogP contribution < -0.4 is 5.32 Å². The standard InChI is InChI=1S/C23H26Cl4N2O2S/c1-14(22(31)28-23(2,3)4)29(11-15-5-7-17(24)9-19(15)26)21(30)13-32-12-16-6-8-18(25)10-20(16)27/h5-10,14H,11-13H2,1-4H3,(H,28,31). The zero-order chi connectivity index (χ0) is 24.1. The summed E-state index contributed by atoms with van der Waals surface area (Å²) >= 11 is 25.9. The molecular weight excluding hydrogens is 510 g/mol. The maximum absolute atomic E-state index is 13.2. The van der Waals surface area contributed by atoms with E-state index >= 15 is 0 Å². The topological polar surface area (TPSA) is 49.4 Å². The molecule has 0 aromatic heterocycles. The van der Waals surface area contributed by atoms with Gasteiger partial charge in [-0.1, -0.05) is 58.5 Å². The van der Waals surface area contributed by atoms with Crippen LogP contribution in [0.25, 0.3) is 0 Å². The van der Waals surface area contributed by atoms with E-state index in [0.29, 0.717) is 31.4 Å². The lowest BCUT2D eigenvalue weighted by Gasteiger charge is -2.31. The molecule has 174 valence electrons. The number of hydrogen-bond acceptors (Lipinski definition) is 3. The quantitative estimate of drug-likeness (QED) is 0.401. The molecule has 9 heteroatoms. The van der Waals surface area contributed by atoms with E-state index in [9.17, 15) is 9.59 Å². The van der Waals surface area contributed by atoms with Crippen molar-refractivity contribution in [2.75, 3.05) is 5.75 Å². The Labute approximate surface area is 213 Å². The van der Waals surface area contributed by atoms with Crippen molar-refractivity contribution in [1.82, 2.24) is 10.2 Å². The van der Waals surface area contributed by atoms with Gasteiger partial charge in [-0.05, 0) is 63.1 Å². The fourth-order valence-electron chi connectivity index (χ4n) is 2.86. The van der Waals surface area contributed by atoms with Gasteiger partial charge in [0.05, 0.1) is 5.75 Å². The van der Waals surface area contributed by atoms with Crippen LogP contribution in [-0.4, -0.2) is 34.0 Å². The summed E-state index contributed by atoms with van der Waals surface area (Å²) in [6.45, 7) is 7.59. The van der Waals surface area contributed by atoms with Gasteiger partial charge in [0.15, 0.2) is 0 Å². The van der Waals surface area contributed by atoms with Gasteiger partial charge >= 0.3 is 0 Å². The van der Waals surface area contributed by atoms with Crippen LogP contribution >= 0.6 is 58.2 Å². The second-order valence-electron chi connectivity index (χ2n) is 8.40. The molecule has 0 heterocycles. The van der Waals surface area contributed by atoms with Gasteiger partial charge in [0, 0.05) is 37.9 Å². The molecule has 0 saturated carbocycles. The highest BCUT2D eigenvalue weighted by molar-refractivity contribution is 7.99. The van der Waals surface area contributed by atoms with Crippen molar-refractivity contribution in [3.63, 3.8) is 0 Å². The predicted octanol–water partition coefficient (Wildman–Crippen LogP) is 6.87. The van der Waals surface area contributed by atoms with Crippen LogP contribution in [-0.2, 0) is 21.9 Å². The summed E-state index contributed by atoms with van der Waals surface area (Å²) in [5.41, 5.74) is 1.18. The van der Waals surface area contributed by atoms with Crippen LogP contribution in [0.2, 0.25) is 20.1 Å². The van der Waals surface area contributed by atoms with E-state index in [-0.39, 0.29) is 24.1 Å². The largest absolute Gasteiger partial charge is 0.350 e. The summed E-state index contributed by atoms with van der Waals surface area (Å²) in [6.07, 6.45) is 0. The Hall–Kier alpha value is -1.11. The molecular formula is C23H26Cl4N2O2S. The Bertz CT molecular complexity index is 979. The third-order valence-corrected chi connectivity index (χ3v) is 6.66. The highest BCUT2D eigenvalue weighted by Gasteiger charge is 2.28. The Kier molecular flexibility index (Phi) is 10.0. The molecule has 1 atom stereocenters.